The maximum absolute atomic E-state index is 13.6. The lowest BCUT2D eigenvalue weighted by Gasteiger charge is -2.26. The maximum atomic E-state index is 13.6. The van der Waals surface area contributed by atoms with Crippen LogP contribution in [0.3, 0.4) is 0 Å². The Hall–Kier alpha value is -2.77. The first-order valence-electron chi connectivity index (χ1n) is 10.6. The molecule has 0 aliphatic carbocycles. The number of rotatable bonds is 4. The first-order chi connectivity index (χ1) is 17.3. The number of benzene rings is 2. The molecule has 3 rings (SSSR count). The molecule has 198 valence electrons. The lowest BCUT2D eigenvalue weighted by Crippen LogP contribution is -2.44. The summed E-state index contributed by atoms with van der Waals surface area (Å²) in [5.41, 5.74) is -2.22. The zero-order chi connectivity index (χ0) is 27.5. The lowest BCUT2D eigenvalue weighted by molar-refractivity contribution is -0.150. The Morgan fingerprint density at radius 1 is 1.22 bits per heavy atom. The van der Waals surface area contributed by atoms with Crippen molar-refractivity contribution in [2.75, 3.05) is 24.6 Å². The van der Waals surface area contributed by atoms with Crippen molar-refractivity contribution in [1.29, 1.82) is 0 Å². The highest BCUT2D eigenvalue weighted by Gasteiger charge is 2.50. The highest BCUT2D eigenvalue weighted by molar-refractivity contribution is 9.10. The molecule has 1 atom stereocenters. The van der Waals surface area contributed by atoms with Crippen molar-refractivity contribution in [3.8, 4) is 0 Å². The molecule has 0 aromatic heterocycles. The molecule has 14 heteroatoms. The summed E-state index contributed by atoms with van der Waals surface area (Å²) in [6.45, 7) is 2.76. The number of carbonyl (C=O) groups is 3. The Kier molecular flexibility index (Phi) is 8.81. The van der Waals surface area contributed by atoms with Gasteiger partial charge in [0.2, 0.25) is 0 Å². The van der Waals surface area contributed by atoms with Crippen molar-refractivity contribution >= 4 is 68.2 Å². The van der Waals surface area contributed by atoms with Crippen LogP contribution in [0.2, 0.25) is 5.02 Å². The SMILES string of the molecule is CCOC(=O)C1(C)CN(C(=O)N(SC(=O)OC)c2ccc(Br)cc2)N=C1c1ccc(C(F)(F)F)c(Cl)c1. The van der Waals surface area contributed by atoms with Crippen LogP contribution in [0.25, 0.3) is 0 Å². The number of urea groups is 1. The second-order valence-electron chi connectivity index (χ2n) is 7.85. The molecule has 0 bridgehead atoms. The van der Waals surface area contributed by atoms with Crippen molar-refractivity contribution in [1.82, 2.24) is 5.01 Å². The van der Waals surface area contributed by atoms with Gasteiger partial charge in [-0.3, -0.25) is 4.79 Å². The summed E-state index contributed by atoms with van der Waals surface area (Å²) < 4.78 is 51.3. The minimum atomic E-state index is -4.68. The van der Waals surface area contributed by atoms with E-state index in [4.69, 9.17) is 16.3 Å². The average molecular weight is 623 g/mol. The van der Waals surface area contributed by atoms with Crippen LogP contribution in [0, 0.1) is 5.41 Å². The number of hydrazone groups is 1. The van der Waals surface area contributed by atoms with Gasteiger partial charge >= 0.3 is 23.5 Å². The van der Waals surface area contributed by atoms with Gasteiger partial charge < -0.3 is 9.47 Å². The van der Waals surface area contributed by atoms with Crippen LogP contribution in [0.4, 0.5) is 28.4 Å². The van der Waals surface area contributed by atoms with Gasteiger partial charge in [0.25, 0.3) is 0 Å². The van der Waals surface area contributed by atoms with E-state index in [1.54, 1.807) is 31.2 Å². The van der Waals surface area contributed by atoms with E-state index in [-0.39, 0.29) is 24.4 Å². The molecule has 1 aliphatic heterocycles. The summed E-state index contributed by atoms with van der Waals surface area (Å²) in [4.78, 5) is 38.6. The van der Waals surface area contributed by atoms with Gasteiger partial charge in [-0.05, 0) is 50.2 Å². The smallest absolute Gasteiger partial charge is 0.417 e. The van der Waals surface area contributed by atoms with Gasteiger partial charge in [-0.25, -0.2) is 18.9 Å². The number of halogens is 5. The number of methoxy groups -OCH3 is 1. The van der Waals surface area contributed by atoms with Gasteiger partial charge in [0, 0.05) is 10.0 Å². The highest BCUT2D eigenvalue weighted by atomic mass is 79.9. The Bertz CT molecular complexity index is 1250. The molecular formula is C23H20BrClF3N3O5S. The Labute approximate surface area is 228 Å². The van der Waals surface area contributed by atoms with Crippen LogP contribution < -0.4 is 4.31 Å². The van der Waals surface area contributed by atoms with Gasteiger partial charge in [0.05, 0.1) is 54.2 Å². The summed E-state index contributed by atoms with van der Waals surface area (Å²) in [5.74, 6) is -0.740. The number of esters is 1. The summed E-state index contributed by atoms with van der Waals surface area (Å²) in [5, 5.41) is 3.84. The number of hydrogen-bond donors (Lipinski definition) is 0. The molecule has 37 heavy (non-hydrogen) atoms. The minimum absolute atomic E-state index is 0.0197. The van der Waals surface area contributed by atoms with Crippen molar-refractivity contribution in [2.24, 2.45) is 10.5 Å². The fraction of sp³-hybridized carbons (Fsp3) is 0.304. The number of ether oxygens (including phenoxy) is 2. The van der Waals surface area contributed by atoms with E-state index in [1.165, 1.54) is 6.92 Å². The molecule has 0 saturated carbocycles. The second kappa shape index (κ2) is 11.3. The van der Waals surface area contributed by atoms with E-state index in [1.807, 2.05) is 0 Å². The molecular weight excluding hydrogens is 603 g/mol. The number of alkyl halides is 3. The predicted octanol–water partition coefficient (Wildman–Crippen LogP) is 6.75. The topological polar surface area (TPSA) is 88.5 Å². The molecule has 2 amide bonds. The first kappa shape index (κ1) is 28.8. The molecule has 0 saturated heterocycles. The Morgan fingerprint density at radius 3 is 2.41 bits per heavy atom. The van der Waals surface area contributed by atoms with Crippen LogP contribution in [0.1, 0.15) is 25.0 Å². The maximum Gasteiger partial charge on any atom is 0.417 e. The van der Waals surface area contributed by atoms with E-state index in [0.717, 1.165) is 39.1 Å². The summed E-state index contributed by atoms with van der Waals surface area (Å²) in [6.07, 6.45) is -4.68. The van der Waals surface area contributed by atoms with Crippen molar-refractivity contribution < 1.29 is 37.0 Å². The third-order valence-corrected chi connectivity index (χ3v) is 6.98. The monoisotopic (exact) mass is 621 g/mol. The van der Waals surface area contributed by atoms with Gasteiger partial charge in [0.15, 0.2) is 0 Å². The minimum Gasteiger partial charge on any atom is -0.465 e. The molecule has 0 spiro atoms. The van der Waals surface area contributed by atoms with Crippen LogP contribution in [0.5, 0.6) is 0 Å². The number of nitrogens with zero attached hydrogens (tertiary/aromatic N) is 3. The summed E-state index contributed by atoms with van der Waals surface area (Å²) >= 11 is 9.66. The Balaban J connectivity index is 2.08. The quantitative estimate of drug-likeness (QED) is 0.277. The molecule has 0 N–H and O–H groups in total. The van der Waals surface area contributed by atoms with Crippen molar-refractivity contribution in [3.63, 3.8) is 0 Å². The van der Waals surface area contributed by atoms with Crippen molar-refractivity contribution in [3.05, 3.63) is 63.1 Å². The third-order valence-electron chi connectivity index (χ3n) is 5.27. The van der Waals surface area contributed by atoms with Crippen LogP contribution in [-0.2, 0) is 20.4 Å². The average Bonchev–Trinajstić information content (AvgIpc) is 3.20. The van der Waals surface area contributed by atoms with Gasteiger partial charge in [-0.15, -0.1) is 0 Å². The molecule has 0 fully saturated rings. The van der Waals surface area contributed by atoms with E-state index in [2.05, 4.69) is 25.8 Å². The molecule has 1 unspecified atom stereocenters. The van der Waals surface area contributed by atoms with E-state index in [9.17, 15) is 27.6 Å². The standard InChI is InChI=1S/C23H20BrClF3N3O5S/c1-4-36-19(32)22(2)12-30(29-18(22)13-5-10-16(17(25)11-13)23(26,27)28)20(33)31(37-21(34)35-3)15-8-6-14(24)7-9-15/h5-11H,4,12H2,1-3H3. The number of hydrogen-bond acceptors (Lipinski definition) is 7. The zero-order valence-electron chi connectivity index (χ0n) is 19.6. The van der Waals surface area contributed by atoms with Crippen LogP contribution >= 0.6 is 39.5 Å². The largest absolute Gasteiger partial charge is 0.465 e. The van der Waals surface area contributed by atoms with Crippen LogP contribution in [0.15, 0.2) is 52.0 Å². The molecule has 1 heterocycles. The third kappa shape index (κ3) is 6.21. The fourth-order valence-electron chi connectivity index (χ4n) is 3.47. The summed E-state index contributed by atoms with van der Waals surface area (Å²) in [6, 6.07) is 8.56. The zero-order valence-corrected chi connectivity index (χ0v) is 22.8. The molecule has 1 aliphatic rings. The van der Waals surface area contributed by atoms with Gasteiger partial charge in [-0.1, -0.05) is 33.6 Å². The molecule has 0 radical (unpaired) electrons. The molecule has 8 nitrogen and oxygen atoms in total. The number of carbonyl (C=O) groups excluding carboxylic acids is 3. The lowest BCUT2D eigenvalue weighted by atomic mass is 9.82. The highest BCUT2D eigenvalue weighted by Crippen LogP contribution is 2.39. The number of anilines is 1. The van der Waals surface area contributed by atoms with E-state index < -0.39 is 39.5 Å². The van der Waals surface area contributed by atoms with Gasteiger partial charge in [0.1, 0.15) is 5.41 Å². The van der Waals surface area contributed by atoms with Gasteiger partial charge in [-0.2, -0.15) is 18.3 Å². The Morgan fingerprint density at radius 2 is 1.86 bits per heavy atom. The predicted molar refractivity (Wildman–Crippen MR) is 136 cm³/mol. The number of amides is 2. The molecule has 2 aromatic carbocycles. The first-order valence-corrected chi connectivity index (χ1v) is 12.5. The van der Waals surface area contributed by atoms with E-state index >= 15 is 0 Å². The fourth-order valence-corrected chi connectivity index (χ4v) is 4.64. The normalized spacial score (nSPS) is 17.3. The second-order valence-corrected chi connectivity index (χ2v) is 10.1. The van der Waals surface area contributed by atoms with Crippen LogP contribution in [-0.4, -0.2) is 48.3 Å². The summed E-state index contributed by atoms with van der Waals surface area (Å²) in [7, 11) is 1.15. The van der Waals surface area contributed by atoms with E-state index in [0.29, 0.717) is 17.6 Å². The van der Waals surface area contributed by atoms with Crippen molar-refractivity contribution in [2.45, 2.75) is 20.0 Å². The molecule has 2 aromatic rings.